The van der Waals surface area contributed by atoms with Gasteiger partial charge in [-0.25, -0.2) is 0 Å². The Hall–Kier alpha value is -2.57. The highest BCUT2D eigenvalue weighted by atomic mass is 16.5. The highest BCUT2D eigenvalue weighted by molar-refractivity contribution is 5.43. The van der Waals surface area contributed by atoms with E-state index in [0.717, 1.165) is 17.7 Å². The number of benzene rings is 1. The second-order valence-corrected chi connectivity index (χ2v) is 4.38. The normalized spacial score (nSPS) is 16.9. The fourth-order valence-electron chi connectivity index (χ4n) is 2.18. The largest absolute Gasteiger partial charge is 0.493 e. The zero-order valence-corrected chi connectivity index (χ0v) is 11.0. The minimum absolute atomic E-state index is 0.0754. The number of hydrogen-bond donors (Lipinski definition) is 2. The van der Waals surface area contributed by atoms with Crippen molar-refractivity contribution >= 4 is 11.9 Å². The Labute approximate surface area is 116 Å². The predicted molar refractivity (Wildman–Crippen MR) is 73.7 cm³/mol. The smallest absolute Gasteiger partial charge is 0.322 e. The van der Waals surface area contributed by atoms with Gasteiger partial charge in [-0.05, 0) is 6.07 Å². The minimum Gasteiger partial charge on any atom is -0.493 e. The number of ether oxygens (including phenoxy) is 2. The van der Waals surface area contributed by atoms with Gasteiger partial charge < -0.3 is 20.5 Å². The molecule has 1 aromatic carbocycles. The van der Waals surface area contributed by atoms with Crippen molar-refractivity contribution in [3.8, 4) is 11.8 Å². The molecule has 2 aromatic rings. The quantitative estimate of drug-likeness (QED) is 0.872. The molecule has 1 unspecified atom stereocenters. The second kappa shape index (κ2) is 5.20. The molecule has 1 aliphatic rings. The minimum atomic E-state index is 0.0754. The first-order chi connectivity index (χ1) is 9.76. The zero-order valence-electron chi connectivity index (χ0n) is 11.0. The summed E-state index contributed by atoms with van der Waals surface area (Å²) in [6.07, 6.45) is 0.824. The number of nitrogens with one attached hydrogen (secondary N) is 1. The highest BCUT2D eigenvalue weighted by Gasteiger charge is 2.22. The van der Waals surface area contributed by atoms with Gasteiger partial charge in [0.1, 0.15) is 5.75 Å². The van der Waals surface area contributed by atoms with Crippen molar-refractivity contribution in [1.29, 1.82) is 0 Å². The van der Waals surface area contributed by atoms with Gasteiger partial charge in [-0.2, -0.15) is 15.0 Å². The maximum Gasteiger partial charge on any atom is 0.322 e. The molecule has 3 N–H and O–H groups in total. The SMILES string of the molecule is COc1nc(N)nc(NC2CCOc3ccccc32)n1. The predicted octanol–water partition coefficient (Wildman–Crippen LogP) is 1.40. The summed E-state index contributed by atoms with van der Waals surface area (Å²) in [4.78, 5) is 12.1. The van der Waals surface area contributed by atoms with Crippen LogP contribution in [0.25, 0.3) is 0 Å². The number of nitrogens with two attached hydrogens (primary N) is 1. The Balaban J connectivity index is 1.87. The number of anilines is 2. The average molecular weight is 273 g/mol. The number of aromatic nitrogens is 3. The first-order valence-corrected chi connectivity index (χ1v) is 6.30. The summed E-state index contributed by atoms with van der Waals surface area (Å²) in [5, 5.41) is 3.25. The van der Waals surface area contributed by atoms with Crippen molar-refractivity contribution < 1.29 is 9.47 Å². The fraction of sp³-hybridized carbons (Fsp3) is 0.308. The first-order valence-electron chi connectivity index (χ1n) is 6.30. The standard InChI is InChI=1S/C13H15N5O2/c1-19-13-17-11(14)16-12(18-13)15-9-6-7-20-10-5-3-2-4-8(9)10/h2-5,9H,6-7H2,1H3,(H3,14,15,16,17,18). The lowest BCUT2D eigenvalue weighted by atomic mass is 10.0. The molecule has 0 radical (unpaired) electrons. The van der Waals surface area contributed by atoms with Crippen LogP contribution in [-0.2, 0) is 0 Å². The summed E-state index contributed by atoms with van der Waals surface area (Å²) < 4.78 is 10.6. The van der Waals surface area contributed by atoms with E-state index in [-0.39, 0.29) is 18.0 Å². The number of rotatable bonds is 3. The second-order valence-electron chi connectivity index (χ2n) is 4.38. The molecule has 0 saturated carbocycles. The maximum absolute atomic E-state index is 5.63. The van der Waals surface area contributed by atoms with E-state index in [1.54, 1.807) is 0 Å². The monoisotopic (exact) mass is 273 g/mol. The number of methoxy groups -OCH3 is 1. The van der Waals surface area contributed by atoms with E-state index >= 15 is 0 Å². The third-order valence-corrected chi connectivity index (χ3v) is 3.08. The molecule has 0 saturated heterocycles. The van der Waals surface area contributed by atoms with Crippen LogP contribution < -0.4 is 20.5 Å². The van der Waals surface area contributed by atoms with Crippen LogP contribution >= 0.6 is 0 Å². The summed E-state index contributed by atoms with van der Waals surface area (Å²) in [7, 11) is 1.49. The van der Waals surface area contributed by atoms with E-state index in [2.05, 4.69) is 20.3 Å². The van der Waals surface area contributed by atoms with Crippen LogP contribution in [0.4, 0.5) is 11.9 Å². The van der Waals surface area contributed by atoms with Gasteiger partial charge in [-0.3, -0.25) is 0 Å². The molecule has 0 bridgehead atoms. The summed E-state index contributed by atoms with van der Waals surface area (Å²) in [6.45, 7) is 0.645. The third-order valence-electron chi connectivity index (χ3n) is 3.08. The number of hydrogen-bond acceptors (Lipinski definition) is 7. The Kier molecular flexibility index (Phi) is 3.24. The highest BCUT2D eigenvalue weighted by Crippen LogP contribution is 2.33. The van der Waals surface area contributed by atoms with Gasteiger partial charge in [0.05, 0.1) is 19.8 Å². The molecule has 0 aliphatic carbocycles. The molecule has 0 amide bonds. The van der Waals surface area contributed by atoms with E-state index in [0.29, 0.717) is 12.6 Å². The van der Waals surface area contributed by atoms with Crippen LogP contribution in [0.5, 0.6) is 11.8 Å². The van der Waals surface area contributed by atoms with E-state index in [4.69, 9.17) is 15.2 Å². The molecule has 1 aromatic heterocycles. The van der Waals surface area contributed by atoms with Crippen LogP contribution in [0, 0.1) is 0 Å². The van der Waals surface area contributed by atoms with Crippen LogP contribution in [0.2, 0.25) is 0 Å². The van der Waals surface area contributed by atoms with Gasteiger partial charge in [0.25, 0.3) is 0 Å². The lowest BCUT2D eigenvalue weighted by Gasteiger charge is -2.26. The van der Waals surface area contributed by atoms with Crippen molar-refractivity contribution in [3.63, 3.8) is 0 Å². The first kappa shape index (κ1) is 12.5. The van der Waals surface area contributed by atoms with E-state index < -0.39 is 0 Å². The fourth-order valence-corrected chi connectivity index (χ4v) is 2.18. The number of nitrogens with zero attached hydrogens (tertiary/aromatic N) is 3. The van der Waals surface area contributed by atoms with Crippen LogP contribution in [0.3, 0.4) is 0 Å². The van der Waals surface area contributed by atoms with Gasteiger partial charge in [0.2, 0.25) is 11.9 Å². The Bertz CT molecular complexity index is 619. The Morgan fingerprint density at radius 3 is 3.00 bits per heavy atom. The molecule has 7 heteroatoms. The maximum atomic E-state index is 5.63. The zero-order chi connectivity index (χ0) is 13.9. The molecule has 0 fully saturated rings. The van der Waals surface area contributed by atoms with Gasteiger partial charge in [-0.1, -0.05) is 18.2 Å². The molecule has 1 aliphatic heterocycles. The molecule has 2 heterocycles. The van der Waals surface area contributed by atoms with Crippen molar-refractivity contribution in [3.05, 3.63) is 29.8 Å². The van der Waals surface area contributed by atoms with Gasteiger partial charge in [-0.15, -0.1) is 0 Å². The van der Waals surface area contributed by atoms with E-state index in [9.17, 15) is 0 Å². The average Bonchev–Trinajstić information content (AvgIpc) is 2.47. The molecule has 0 spiro atoms. The van der Waals surface area contributed by atoms with Gasteiger partial charge >= 0.3 is 6.01 Å². The van der Waals surface area contributed by atoms with Crippen molar-refractivity contribution in [2.75, 3.05) is 24.8 Å². The molecule has 7 nitrogen and oxygen atoms in total. The van der Waals surface area contributed by atoms with Gasteiger partial charge in [0, 0.05) is 12.0 Å². The molecule has 104 valence electrons. The Morgan fingerprint density at radius 1 is 1.30 bits per heavy atom. The molecule has 20 heavy (non-hydrogen) atoms. The van der Waals surface area contributed by atoms with Crippen LogP contribution in [0.1, 0.15) is 18.0 Å². The summed E-state index contributed by atoms with van der Waals surface area (Å²) >= 11 is 0. The van der Waals surface area contributed by atoms with Crippen molar-refractivity contribution in [2.45, 2.75) is 12.5 Å². The molecular weight excluding hydrogens is 258 g/mol. The Morgan fingerprint density at radius 2 is 2.15 bits per heavy atom. The number of nitrogen functional groups attached to an aromatic ring is 1. The number of para-hydroxylation sites is 1. The van der Waals surface area contributed by atoms with E-state index in [1.165, 1.54) is 7.11 Å². The number of fused-ring (bicyclic) bond motifs is 1. The molecule has 1 atom stereocenters. The lowest BCUT2D eigenvalue weighted by molar-refractivity contribution is 0.274. The molecular formula is C13H15N5O2. The van der Waals surface area contributed by atoms with Gasteiger partial charge in [0.15, 0.2) is 0 Å². The van der Waals surface area contributed by atoms with E-state index in [1.807, 2.05) is 24.3 Å². The summed E-state index contributed by atoms with van der Waals surface area (Å²) in [5.74, 6) is 1.40. The van der Waals surface area contributed by atoms with Crippen molar-refractivity contribution in [2.24, 2.45) is 0 Å². The molecule has 3 rings (SSSR count). The van der Waals surface area contributed by atoms with Crippen LogP contribution in [0.15, 0.2) is 24.3 Å². The summed E-state index contributed by atoms with van der Waals surface area (Å²) in [5.41, 5.74) is 6.71. The van der Waals surface area contributed by atoms with Crippen molar-refractivity contribution in [1.82, 2.24) is 15.0 Å². The lowest BCUT2D eigenvalue weighted by Crippen LogP contribution is -2.21. The summed E-state index contributed by atoms with van der Waals surface area (Å²) in [6, 6.07) is 8.17. The third kappa shape index (κ3) is 2.42. The topological polar surface area (TPSA) is 95.2 Å². The van der Waals surface area contributed by atoms with Crippen LogP contribution in [-0.4, -0.2) is 28.7 Å².